The molecule has 1 spiro atoms. The second kappa shape index (κ2) is 5.71. The molecule has 2 aromatic rings. The number of hydrogen-bond donors (Lipinski definition) is 0. The van der Waals surface area contributed by atoms with E-state index in [0.29, 0.717) is 36.0 Å². The van der Waals surface area contributed by atoms with Crippen LogP contribution in [0.15, 0.2) is 42.1 Å². The molecule has 6 heteroatoms. The third-order valence-corrected chi connectivity index (χ3v) is 5.41. The Labute approximate surface area is 156 Å². The molecule has 1 amide bonds. The number of fused-ring (bicyclic) bond motifs is 1. The number of hydrogen-bond acceptors (Lipinski definition) is 4. The van der Waals surface area contributed by atoms with Crippen LogP contribution in [0.3, 0.4) is 0 Å². The number of benzene rings is 1. The van der Waals surface area contributed by atoms with Gasteiger partial charge in [0.15, 0.2) is 5.78 Å². The highest BCUT2D eigenvalue weighted by Crippen LogP contribution is 2.48. The molecule has 0 saturated carbocycles. The zero-order chi connectivity index (χ0) is 19.4. The summed E-state index contributed by atoms with van der Waals surface area (Å²) in [5.41, 5.74) is 0.257. The van der Waals surface area contributed by atoms with Crippen molar-refractivity contribution in [3.8, 4) is 6.07 Å². The first kappa shape index (κ1) is 17.3. The van der Waals surface area contributed by atoms with Crippen LogP contribution in [-0.2, 0) is 4.79 Å². The maximum absolute atomic E-state index is 13.4. The zero-order valence-electron chi connectivity index (χ0n) is 15.1. The van der Waals surface area contributed by atoms with E-state index in [1.54, 1.807) is 23.1 Å². The summed E-state index contributed by atoms with van der Waals surface area (Å²) in [7, 11) is 0. The molecule has 0 bridgehead atoms. The SMILES string of the molecule is CC1(C)CC2(C=C(C#N)C1=O)CN(C(=O)c1cnc3ccc(F)cc3c1)C2. The van der Waals surface area contributed by atoms with Crippen molar-refractivity contribution in [2.24, 2.45) is 10.8 Å². The predicted octanol–water partition coefficient (Wildman–Crippen LogP) is 3.27. The maximum Gasteiger partial charge on any atom is 0.255 e. The Morgan fingerprint density at radius 3 is 2.74 bits per heavy atom. The molecule has 1 fully saturated rings. The van der Waals surface area contributed by atoms with Gasteiger partial charge in [0.1, 0.15) is 11.9 Å². The van der Waals surface area contributed by atoms with Gasteiger partial charge in [0.25, 0.3) is 5.91 Å². The van der Waals surface area contributed by atoms with E-state index in [-0.39, 0.29) is 28.5 Å². The average Bonchev–Trinajstić information content (AvgIpc) is 2.60. The van der Waals surface area contributed by atoms with E-state index >= 15 is 0 Å². The Balaban J connectivity index is 1.57. The lowest BCUT2D eigenvalue weighted by atomic mass is 9.61. The van der Waals surface area contributed by atoms with E-state index in [9.17, 15) is 19.2 Å². The normalized spacial score (nSPS) is 20.1. The van der Waals surface area contributed by atoms with Crippen LogP contribution in [0.1, 0.15) is 30.6 Å². The average molecular weight is 363 g/mol. The fourth-order valence-electron chi connectivity index (χ4n) is 4.29. The van der Waals surface area contributed by atoms with Crippen LogP contribution in [0.4, 0.5) is 4.39 Å². The number of rotatable bonds is 1. The summed E-state index contributed by atoms with van der Waals surface area (Å²) in [6, 6.07) is 7.90. The molecule has 136 valence electrons. The molecule has 2 aliphatic rings. The van der Waals surface area contributed by atoms with E-state index in [1.165, 1.54) is 18.3 Å². The number of aromatic nitrogens is 1. The van der Waals surface area contributed by atoms with Crippen LogP contribution in [0.25, 0.3) is 10.9 Å². The van der Waals surface area contributed by atoms with Crippen molar-refractivity contribution in [3.63, 3.8) is 0 Å². The van der Waals surface area contributed by atoms with E-state index in [4.69, 9.17) is 0 Å². The third-order valence-electron chi connectivity index (χ3n) is 5.41. The van der Waals surface area contributed by atoms with Crippen molar-refractivity contribution in [1.29, 1.82) is 5.26 Å². The molecule has 1 aliphatic carbocycles. The topological polar surface area (TPSA) is 74.1 Å². The first-order valence-electron chi connectivity index (χ1n) is 8.75. The standard InChI is InChI=1S/C21H18FN3O2/c1-20(2)10-21(7-15(8-23)18(20)26)11-25(12-21)19(27)14-5-13-6-16(22)3-4-17(13)24-9-14/h3-7,9H,10-12H2,1-2H3. The summed E-state index contributed by atoms with van der Waals surface area (Å²) in [6.07, 6.45) is 3.84. The van der Waals surface area contributed by atoms with Crippen molar-refractivity contribution in [3.05, 3.63) is 53.5 Å². The minimum Gasteiger partial charge on any atom is -0.337 e. The lowest BCUT2D eigenvalue weighted by molar-refractivity contribution is -0.127. The fourth-order valence-corrected chi connectivity index (χ4v) is 4.29. The van der Waals surface area contributed by atoms with Crippen LogP contribution in [0.5, 0.6) is 0 Å². The number of nitriles is 1. The summed E-state index contributed by atoms with van der Waals surface area (Å²) < 4.78 is 13.4. The third kappa shape index (κ3) is 2.80. The minimum atomic E-state index is -0.614. The number of halogens is 1. The number of ketones is 1. The zero-order valence-corrected chi connectivity index (χ0v) is 15.1. The molecular formula is C21H18FN3O2. The molecule has 4 rings (SSSR count). The van der Waals surface area contributed by atoms with Gasteiger partial charge in [0.2, 0.25) is 0 Å². The van der Waals surface area contributed by atoms with E-state index < -0.39 is 5.41 Å². The number of Topliss-reactive ketones (excluding diaryl/α,β-unsaturated/α-hetero) is 1. The Bertz CT molecular complexity index is 1060. The van der Waals surface area contributed by atoms with Gasteiger partial charge in [-0.15, -0.1) is 0 Å². The van der Waals surface area contributed by atoms with Crippen LogP contribution >= 0.6 is 0 Å². The molecule has 1 aromatic heterocycles. The number of carbonyl (C=O) groups is 2. The van der Waals surface area contributed by atoms with Gasteiger partial charge in [0, 0.05) is 35.5 Å². The molecule has 1 saturated heterocycles. The van der Waals surface area contributed by atoms with Crippen molar-refractivity contribution < 1.29 is 14.0 Å². The highest BCUT2D eigenvalue weighted by molar-refractivity contribution is 6.04. The quantitative estimate of drug-likeness (QED) is 0.779. The number of pyridine rings is 1. The summed E-state index contributed by atoms with van der Waals surface area (Å²) in [6.45, 7) is 4.59. The molecule has 5 nitrogen and oxygen atoms in total. The second-order valence-electron chi connectivity index (χ2n) is 8.14. The fraction of sp³-hybridized carbons (Fsp3) is 0.333. The van der Waals surface area contributed by atoms with Crippen molar-refractivity contribution in [1.82, 2.24) is 9.88 Å². The second-order valence-corrected chi connectivity index (χ2v) is 8.14. The van der Waals surface area contributed by atoms with Gasteiger partial charge in [0.05, 0.1) is 16.7 Å². The maximum atomic E-state index is 13.4. The molecule has 1 aliphatic heterocycles. The predicted molar refractivity (Wildman–Crippen MR) is 97.1 cm³/mol. The molecule has 1 aromatic carbocycles. The summed E-state index contributed by atoms with van der Waals surface area (Å²) in [5.74, 6) is -0.692. The van der Waals surface area contributed by atoms with E-state index in [2.05, 4.69) is 4.98 Å². The molecule has 0 N–H and O–H groups in total. The summed E-state index contributed by atoms with van der Waals surface area (Å²) in [5, 5.41) is 9.84. The van der Waals surface area contributed by atoms with E-state index in [0.717, 1.165) is 0 Å². The smallest absolute Gasteiger partial charge is 0.255 e. The van der Waals surface area contributed by atoms with Crippen LogP contribution in [-0.4, -0.2) is 34.7 Å². The number of nitrogens with zero attached hydrogens (tertiary/aromatic N) is 3. The first-order valence-corrected chi connectivity index (χ1v) is 8.75. The number of carbonyl (C=O) groups excluding carboxylic acids is 2. The van der Waals surface area contributed by atoms with Gasteiger partial charge < -0.3 is 4.90 Å². The lowest BCUT2D eigenvalue weighted by Gasteiger charge is -2.53. The van der Waals surface area contributed by atoms with E-state index in [1.807, 2.05) is 19.9 Å². The highest BCUT2D eigenvalue weighted by Gasteiger charge is 2.52. The van der Waals surface area contributed by atoms with Crippen LogP contribution < -0.4 is 0 Å². The van der Waals surface area contributed by atoms with Crippen molar-refractivity contribution in [2.75, 3.05) is 13.1 Å². The summed E-state index contributed by atoms with van der Waals surface area (Å²) in [4.78, 5) is 31.0. The first-order chi connectivity index (χ1) is 12.7. The minimum absolute atomic E-state index is 0.138. The van der Waals surface area contributed by atoms with Crippen molar-refractivity contribution in [2.45, 2.75) is 20.3 Å². The Hall–Kier alpha value is -3.07. The number of amides is 1. The molecule has 2 heterocycles. The van der Waals surface area contributed by atoms with Gasteiger partial charge in [-0.3, -0.25) is 14.6 Å². The molecule has 0 radical (unpaired) electrons. The van der Waals surface area contributed by atoms with Gasteiger partial charge in [-0.25, -0.2) is 4.39 Å². The number of likely N-dealkylation sites (tertiary alicyclic amines) is 1. The molecular weight excluding hydrogens is 345 g/mol. The van der Waals surface area contributed by atoms with Gasteiger partial charge in [-0.1, -0.05) is 19.9 Å². The monoisotopic (exact) mass is 363 g/mol. The van der Waals surface area contributed by atoms with Gasteiger partial charge >= 0.3 is 0 Å². The highest BCUT2D eigenvalue weighted by atomic mass is 19.1. The molecule has 0 atom stereocenters. The lowest BCUT2D eigenvalue weighted by Crippen LogP contribution is -2.60. The van der Waals surface area contributed by atoms with Gasteiger partial charge in [-0.05, 0) is 30.7 Å². The van der Waals surface area contributed by atoms with Crippen LogP contribution in [0.2, 0.25) is 0 Å². The largest absolute Gasteiger partial charge is 0.337 e. The summed E-state index contributed by atoms with van der Waals surface area (Å²) >= 11 is 0. The van der Waals surface area contributed by atoms with Gasteiger partial charge in [-0.2, -0.15) is 5.26 Å². The Morgan fingerprint density at radius 1 is 1.30 bits per heavy atom. The molecule has 27 heavy (non-hydrogen) atoms. The molecule has 0 unspecified atom stereocenters. The van der Waals surface area contributed by atoms with Crippen LogP contribution in [0, 0.1) is 28.0 Å². The van der Waals surface area contributed by atoms with Crippen molar-refractivity contribution >= 4 is 22.6 Å². The Morgan fingerprint density at radius 2 is 2.04 bits per heavy atom. The number of allylic oxidation sites excluding steroid dienone is 1. The Kier molecular flexibility index (Phi) is 3.67.